The number of carbonyl (C=O) groups excluding carboxylic acids is 1. The quantitative estimate of drug-likeness (QED) is 0.389. The van der Waals surface area contributed by atoms with Crippen molar-refractivity contribution in [1.29, 1.82) is 0 Å². The molecular weight excluding hydrogens is 520 g/mol. The fraction of sp³-hybridized carbons (Fsp3) is 0.333. The first-order chi connectivity index (χ1) is 20.0. The highest BCUT2D eigenvalue weighted by atomic mass is 16.5. The zero-order chi connectivity index (χ0) is 27.7. The number of allylic oxidation sites excluding steroid dienone is 2. The second kappa shape index (κ2) is 9.20. The van der Waals surface area contributed by atoms with Crippen molar-refractivity contribution in [2.45, 2.75) is 31.5 Å². The number of hydrogen-bond donors (Lipinski definition) is 1. The van der Waals surface area contributed by atoms with Crippen LogP contribution in [0.5, 0.6) is 5.75 Å². The molecule has 2 aromatic heterocycles. The molecule has 2 atom stereocenters. The molecule has 4 aliphatic heterocycles. The number of anilines is 4. The number of amides is 1. The molecule has 1 unspecified atom stereocenters. The molecule has 1 amide bonds. The predicted molar refractivity (Wildman–Crippen MR) is 157 cm³/mol. The van der Waals surface area contributed by atoms with Crippen molar-refractivity contribution in [1.82, 2.24) is 24.2 Å². The lowest BCUT2D eigenvalue weighted by molar-refractivity contribution is -0.121. The fourth-order valence-corrected chi connectivity index (χ4v) is 6.38. The zero-order valence-electron chi connectivity index (χ0n) is 22.7. The molecule has 2 bridgehead atoms. The number of nitrogens with one attached hydrogen (secondary N) is 1. The monoisotopic (exact) mass is 550 g/mol. The van der Waals surface area contributed by atoms with Gasteiger partial charge in [0.1, 0.15) is 11.1 Å². The molecule has 0 saturated carbocycles. The molecule has 2 fully saturated rings. The zero-order valence-corrected chi connectivity index (χ0v) is 22.7. The van der Waals surface area contributed by atoms with E-state index in [4.69, 9.17) is 9.72 Å². The van der Waals surface area contributed by atoms with Crippen LogP contribution in [0.25, 0.3) is 16.7 Å². The number of ether oxygens (including phenoxy) is 1. The number of fused-ring (bicyclic) bond motifs is 6. The minimum Gasteiger partial charge on any atom is -0.482 e. The van der Waals surface area contributed by atoms with Crippen molar-refractivity contribution in [2.75, 3.05) is 48.4 Å². The van der Waals surface area contributed by atoms with Gasteiger partial charge in [0.25, 0.3) is 11.5 Å². The molecule has 2 saturated heterocycles. The van der Waals surface area contributed by atoms with Gasteiger partial charge in [-0.25, -0.2) is 14.3 Å². The van der Waals surface area contributed by atoms with Gasteiger partial charge in [0.2, 0.25) is 5.95 Å². The van der Waals surface area contributed by atoms with Crippen LogP contribution in [0.15, 0.2) is 65.6 Å². The van der Waals surface area contributed by atoms with E-state index < -0.39 is 0 Å². The minimum atomic E-state index is -0.172. The first-order valence-corrected chi connectivity index (χ1v) is 14.1. The summed E-state index contributed by atoms with van der Waals surface area (Å²) in [5.74, 6) is 0.986. The topological polar surface area (TPSA) is 101 Å². The second-order valence-electron chi connectivity index (χ2n) is 11.1. The van der Waals surface area contributed by atoms with Crippen molar-refractivity contribution in [3.05, 3.63) is 71.2 Å². The van der Waals surface area contributed by atoms with Crippen LogP contribution in [0, 0.1) is 0 Å². The minimum absolute atomic E-state index is 0.0268. The van der Waals surface area contributed by atoms with E-state index in [1.165, 1.54) is 5.69 Å². The Morgan fingerprint density at radius 2 is 1.85 bits per heavy atom. The van der Waals surface area contributed by atoms with E-state index >= 15 is 0 Å². The summed E-state index contributed by atoms with van der Waals surface area (Å²) < 4.78 is 9.19. The van der Waals surface area contributed by atoms with Crippen LogP contribution in [0.1, 0.15) is 12.8 Å². The fourth-order valence-electron chi connectivity index (χ4n) is 6.38. The smallest absolute Gasteiger partial charge is 0.278 e. The lowest BCUT2D eigenvalue weighted by atomic mass is 9.86. The molecular formula is C30H30N8O3. The SMILES string of the molecule is CN1C[C@H]2C1CN2c1ccc(Nc2ncc3c(=O)n4n(c3n2)-c2ccc3c(c2)N(CCC/C=C\C4)C(=O)CO3)cc1. The average molecular weight is 551 g/mol. The Bertz CT molecular complexity index is 1780. The van der Waals surface area contributed by atoms with E-state index in [-0.39, 0.29) is 18.1 Å². The second-order valence-corrected chi connectivity index (χ2v) is 11.1. The molecule has 2 aromatic carbocycles. The van der Waals surface area contributed by atoms with Crippen LogP contribution in [0.3, 0.4) is 0 Å². The molecule has 208 valence electrons. The molecule has 0 radical (unpaired) electrons. The summed E-state index contributed by atoms with van der Waals surface area (Å²) in [6.45, 7) is 3.20. The molecule has 41 heavy (non-hydrogen) atoms. The molecule has 11 nitrogen and oxygen atoms in total. The van der Waals surface area contributed by atoms with Crippen molar-refractivity contribution in [2.24, 2.45) is 0 Å². The van der Waals surface area contributed by atoms with Gasteiger partial charge in [-0.2, -0.15) is 4.98 Å². The highest BCUT2D eigenvalue weighted by Gasteiger charge is 2.49. The summed E-state index contributed by atoms with van der Waals surface area (Å²) in [6.07, 6.45) is 7.26. The van der Waals surface area contributed by atoms with Crippen LogP contribution in [-0.2, 0) is 11.3 Å². The third kappa shape index (κ3) is 3.83. The summed E-state index contributed by atoms with van der Waals surface area (Å²) >= 11 is 0. The van der Waals surface area contributed by atoms with Crippen molar-refractivity contribution < 1.29 is 9.53 Å². The van der Waals surface area contributed by atoms with Crippen molar-refractivity contribution in [3.63, 3.8) is 0 Å². The maximum atomic E-state index is 13.5. The number of likely N-dealkylation sites (tertiary alicyclic amines) is 1. The number of hydrogen-bond acceptors (Lipinski definition) is 8. The van der Waals surface area contributed by atoms with Gasteiger partial charge >= 0.3 is 0 Å². The van der Waals surface area contributed by atoms with Crippen LogP contribution in [-0.4, -0.2) is 75.5 Å². The van der Waals surface area contributed by atoms with E-state index in [0.29, 0.717) is 53.6 Å². The molecule has 4 aliphatic rings. The summed E-state index contributed by atoms with van der Waals surface area (Å²) in [4.78, 5) is 42.2. The van der Waals surface area contributed by atoms with Gasteiger partial charge < -0.3 is 19.9 Å². The van der Waals surface area contributed by atoms with Gasteiger partial charge in [-0.15, -0.1) is 0 Å². The number of carbonyl (C=O) groups is 1. The van der Waals surface area contributed by atoms with E-state index in [0.717, 1.165) is 37.3 Å². The molecule has 11 heteroatoms. The van der Waals surface area contributed by atoms with E-state index in [9.17, 15) is 9.59 Å². The van der Waals surface area contributed by atoms with Gasteiger partial charge in [-0.1, -0.05) is 12.2 Å². The summed E-state index contributed by atoms with van der Waals surface area (Å²) in [7, 11) is 2.18. The standard InChI is InChI=1S/C30H30N8O3/c1-34-16-25-24(34)17-36(25)20-8-6-19(7-9-20)32-30-31-15-22-28(33-30)38-21-10-11-26-23(14-21)35(27(39)18-41-26)12-4-2-3-5-13-37(38)29(22)40/h3,5-11,14-15,24-25H,2,4,12-13,16-18H2,1H3,(H,31,32,33)/b5-3-/t24?,25-/m0/s1. The Hall–Kier alpha value is -4.64. The molecule has 1 N–H and O–H groups in total. The Morgan fingerprint density at radius 1 is 1.00 bits per heavy atom. The van der Waals surface area contributed by atoms with Crippen LogP contribution in [0.4, 0.5) is 23.0 Å². The number of likely N-dealkylation sites (N-methyl/N-ethyl adjacent to an activating group) is 1. The number of benzene rings is 2. The number of piperazine rings is 1. The Labute approximate surface area is 236 Å². The first-order valence-electron chi connectivity index (χ1n) is 14.1. The van der Waals surface area contributed by atoms with Gasteiger partial charge in [-0.05, 0) is 62.4 Å². The number of rotatable bonds is 3. The Balaban J connectivity index is 1.16. The molecule has 0 aliphatic carbocycles. The van der Waals surface area contributed by atoms with Crippen molar-refractivity contribution in [3.8, 4) is 11.4 Å². The highest BCUT2D eigenvalue weighted by molar-refractivity contribution is 5.98. The van der Waals surface area contributed by atoms with E-state index in [2.05, 4.69) is 45.4 Å². The first kappa shape index (κ1) is 24.2. The van der Waals surface area contributed by atoms with Gasteiger partial charge in [0.15, 0.2) is 12.3 Å². The van der Waals surface area contributed by atoms with Crippen molar-refractivity contribution >= 4 is 40.0 Å². The molecule has 6 heterocycles. The maximum Gasteiger partial charge on any atom is 0.278 e. The van der Waals surface area contributed by atoms with Crippen LogP contribution < -0.4 is 25.4 Å². The predicted octanol–water partition coefficient (Wildman–Crippen LogP) is 2.90. The third-order valence-corrected chi connectivity index (χ3v) is 8.73. The van der Waals surface area contributed by atoms with Gasteiger partial charge in [0.05, 0.1) is 24.0 Å². The lowest BCUT2D eigenvalue weighted by Gasteiger charge is -2.62. The van der Waals surface area contributed by atoms with E-state index in [1.54, 1.807) is 15.8 Å². The normalized spacial score (nSPS) is 22.4. The molecule has 4 aromatic rings. The maximum absolute atomic E-state index is 13.5. The summed E-state index contributed by atoms with van der Waals surface area (Å²) in [5.41, 5.74) is 3.83. The van der Waals surface area contributed by atoms with E-state index in [1.807, 2.05) is 41.1 Å². The summed E-state index contributed by atoms with van der Waals surface area (Å²) in [6, 6.07) is 15.3. The Kier molecular flexibility index (Phi) is 5.43. The Morgan fingerprint density at radius 3 is 2.66 bits per heavy atom. The van der Waals surface area contributed by atoms with Crippen LogP contribution in [0.2, 0.25) is 0 Å². The van der Waals surface area contributed by atoms with Crippen LogP contribution >= 0.6 is 0 Å². The van der Waals surface area contributed by atoms with Gasteiger partial charge in [-0.3, -0.25) is 14.5 Å². The van der Waals surface area contributed by atoms with Gasteiger partial charge in [0, 0.05) is 43.2 Å². The molecule has 0 spiro atoms. The average Bonchev–Trinajstić information content (AvgIpc) is 3.24. The summed E-state index contributed by atoms with van der Waals surface area (Å²) in [5, 5.41) is 3.74. The lowest BCUT2D eigenvalue weighted by Crippen LogP contribution is -2.78. The number of nitrogens with zero attached hydrogens (tertiary/aromatic N) is 7. The number of aromatic nitrogens is 4. The third-order valence-electron chi connectivity index (χ3n) is 8.73. The largest absolute Gasteiger partial charge is 0.482 e. The molecule has 8 rings (SSSR count). The highest BCUT2D eigenvalue weighted by Crippen LogP contribution is 2.37.